The number of ether oxygens (including phenoxy) is 2. The molecule has 0 radical (unpaired) electrons. The third-order valence-corrected chi connectivity index (χ3v) is 4.66. The van der Waals surface area contributed by atoms with E-state index in [0.29, 0.717) is 31.4 Å². The molecule has 0 unspecified atom stereocenters. The van der Waals surface area contributed by atoms with Gasteiger partial charge in [-0.1, -0.05) is 23.8 Å². The lowest BCUT2D eigenvalue weighted by Gasteiger charge is -2.13. The number of halogens is 2. The molecule has 0 aliphatic heterocycles. The van der Waals surface area contributed by atoms with E-state index in [-0.39, 0.29) is 11.5 Å². The maximum absolute atomic E-state index is 12.6. The Morgan fingerprint density at radius 1 is 1.12 bits per heavy atom. The van der Waals surface area contributed by atoms with Crippen molar-refractivity contribution in [1.29, 1.82) is 0 Å². The minimum Gasteiger partial charge on any atom is -0.493 e. The van der Waals surface area contributed by atoms with Crippen molar-refractivity contribution in [3.05, 3.63) is 65.5 Å². The van der Waals surface area contributed by atoms with Gasteiger partial charge >= 0.3 is 6.61 Å². The van der Waals surface area contributed by atoms with Crippen molar-refractivity contribution in [2.45, 2.75) is 26.5 Å². The lowest BCUT2D eigenvalue weighted by molar-refractivity contribution is -0.0512. The maximum Gasteiger partial charge on any atom is 0.387 e. The van der Waals surface area contributed by atoms with Gasteiger partial charge in [-0.2, -0.15) is 8.78 Å². The molecular weight excluding hydrogens is 418 g/mol. The van der Waals surface area contributed by atoms with E-state index in [4.69, 9.17) is 9.15 Å². The number of nitrogens with zero attached hydrogens (tertiary/aromatic N) is 2. The van der Waals surface area contributed by atoms with Crippen LogP contribution in [-0.4, -0.2) is 38.3 Å². The van der Waals surface area contributed by atoms with Crippen LogP contribution in [0.3, 0.4) is 0 Å². The first-order valence-electron chi connectivity index (χ1n) is 10.1. The van der Waals surface area contributed by atoms with Crippen LogP contribution in [0.25, 0.3) is 11.5 Å². The van der Waals surface area contributed by atoms with E-state index >= 15 is 0 Å². The fourth-order valence-electron chi connectivity index (χ4n) is 3.00. The highest BCUT2D eigenvalue weighted by atomic mass is 19.3. The lowest BCUT2D eigenvalue weighted by atomic mass is 10.1. The number of oxazole rings is 1. The van der Waals surface area contributed by atoms with E-state index < -0.39 is 6.61 Å². The molecule has 0 saturated carbocycles. The van der Waals surface area contributed by atoms with Crippen LogP contribution in [0.1, 0.15) is 16.8 Å². The second-order valence-electron chi connectivity index (χ2n) is 6.98. The molecule has 9 heteroatoms. The van der Waals surface area contributed by atoms with Crippen LogP contribution >= 0.6 is 0 Å². The number of rotatable bonds is 9. The number of nitrogens with one attached hydrogen (secondary N) is 2. The van der Waals surface area contributed by atoms with E-state index in [1.165, 1.54) is 12.7 Å². The van der Waals surface area contributed by atoms with Gasteiger partial charge in [-0.3, -0.25) is 4.99 Å². The van der Waals surface area contributed by atoms with E-state index in [9.17, 15) is 8.78 Å². The fraction of sp³-hybridized carbons (Fsp3) is 0.304. The molecule has 0 spiro atoms. The summed E-state index contributed by atoms with van der Waals surface area (Å²) in [5.41, 5.74) is 3.65. The summed E-state index contributed by atoms with van der Waals surface area (Å²) in [5.74, 6) is 1.42. The van der Waals surface area contributed by atoms with Crippen molar-refractivity contribution < 1.29 is 22.7 Å². The number of alkyl halides is 2. The lowest BCUT2D eigenvalue weighted by Crippen LogP contribution is -2.37. The predicted molar refractivity (Wildman–Crippen MR) is 118 cm³/mol. The summed E-state index contributed by atoms with van der Waals surface area (Å²) >= 11 is 0. The number of guanidine groups is 1. The largest absolute Gasteiger partial charge is 0.493 e. The Kier molecular flexibility index (Phi) is 8.02. The Balaban J connectivity index is 1.50. The van der Waals surface area contributed by atoms with Gasteiger partial charge in [0, 0.05) is 19.2 Å². The topological polar surface area (TPSA) is 80.9 Å². The first kappa shape index (κ1) is 23.1. The number of hydrogen-bond acceptors (Lipinski definition) is 5. The number of aliphatic imine (C=N–C) groups is 1. The zero-order valence-electron chi connectivity index (χ0n) is 18.2. The van der Waals surface area contributed by atoms with Crippen LogP contribution in [0.5, 0.6) is 11.5 Å². The van der Waals surface area contributed by atoms with Gasteiger partial charge in [-0.15, -0.1) is 0 Å². The number of benzene rings is 2. The van der Waals surface area contributed by atoms with Gasteiger partial charge in [-0.25, -0.2) is 4.98 Å². The van der Waals surface area contributed by atoms with Crippen molar-refractivity contribution in [3.63, 3.8) is 0 Å². The molecule has 0 atom stereocenters. The Labute approximate surface area is 185 Å². The van der Waals surface area contributed by atoms with Crippen LogP contribution in [0.2, 0.25) is 0 Å². The van der Waals surface area contributed by atoms with Crippen molar-refractivity contribution >= 4 is 5.96 Å². The van der Waals surface area contributed by atoms with Gasteiger partial charge in [0.05, 0.1) is 19.3 Å². The van der Waals surface area contributed by atoms with Crippen LogP contribution in [0.15, 0.2) is 58.1 Å². The summed E-state index contributed by atoms with van der Waals surface area (Å²) in [6, 6.07) is 12.9. The molecule has 2 N–H and O–H groups in total. The molecule has 2 aromatic carbocycles. The van der Waals surface area contributed by atoms with E-state index in [2.05, 4.69) is 25.3 Å². The molecule has 0 aliphatic rings. The Bertz CT molecular complexity index is 1040. The van der Waals surface area contributed by atoms with E-state index in [1.54, 1.807) is 31.5 Å². The monoisotopic (exact) mass is 444 g/mol. The minimum atomic E-state index is -2.91. The molecule has 170 valence electrons. The van der Waals surface area contributed by atoms with Crippen LogP contribution in [-0.2, 0) is 13.0 Å². The summed E-state index contributed by atoms with van der Waals surface area (Å²) in [6.07, 6.45) is 2.18. The second-order valence-corrected chi connectivity index (χ2v) is 6.98. The number of methoxy groups -OCH3 is 1. The molecular formula is C23H26F2N4O3. The summed E-state index contributed by atoms with van der Waals surface area (Å²) in [7, 11) is 3.07. The van der Waals surface area contributed by atoms with Crippen LogP contribution in [0.4, 0.5) is 8.78 Å². The molecule has 0 saturated heterocycles. The van der Waals surface area contributed by atoms with E-state index in [1.807, 2.05) is 31.2 Å². The van der Waals surface area contributed by atoms with Crippen LogP contribution < -0.4 is 20.1 Å². The molecule has 1 aromatic heterocycles. The first-order valence-corrected chi connectivity index (χ1v) is 10.1. The molecule has 0 aliphatic carbocycles. The summed E-state index contributed by atoms with van der Waals surface area (Å²) in [6.45, 7) is 0.0820. The minimum absolute atomic E-state index is 0.0120. The Hall–Kier alpha value is -3.62. The Morgan fingerprint density at radius 3 is 2.59 bits per heavy atom. The standard InChI is InChI=1S/C23H26F2N4O3/c1-15-4-7-17(8-5-15)21-29-18(14-31-21)13-28-23(26-2)27-11-10-16-6-9-19(30-3)20(12-16)32-22(24)25/h4-9,12,14,22H,10-11,13H2,1-3H3,(H2,26,27,28). The smallest absolute Gasteiger partial charge is 0.387 e. The average Bonchev–Trinajstić information content (AvgIpc) is 3.25. The molecule has 7 nitrogen and oxygen atoms in total. The molecule has 0 bridgehead atoms. The van der Waals surface area contributed by atoms with Crippen LogP contribution in [0, 0.1) is 6.92 Å². The first-order chi connectivity index (χ1) is 15.5. The van der Waals surface area contributed by atoms with Gasteiger partial charge in [0.1, 0.15) is 6.26 Å². The summed E-state index contributed by atoms with van der Waals surface area (Å²) in [4.78, 5) is 8.68. The van der Waals surface area contributed by atoms with E-state index in [0.717, 1.165) is 16.8 Å². The average molecular weight is 444 g/mol. The quantitative estimate of drug-likeness (QED) is 0.381. The Morgan fingerprint density at radius 2 is 1.91 bits per heavy atom. The number of hydrogen-bond donors (Lipinski definition) is 2. The van der Waals surface area contributed by atoms with Gasteiger partial charge in [0.2, 0.25) is 5.89 Å². The second kappa shape index (κ2) is 11.1. The number of aromatic nitrogens is 1. The third kappa shape index (κ3) is 6.44. The van der Waals surface area contributed by atoms with Gasteiger partial charge in [-0.05, 0) is 43.2 Å². The highest BCUT2D eigenvalue weighted by Gasteiger charge is 2.12. The zero-order valence-corrected chi connectivity index (χ0v) is 18.2. The molecule has 0 fully saturated rings. The van der Waals surface area contributed by atoms with Gasteiger partial charge in [0.15, 0.2) is 17.5 Å². The molecule has 0 amide bonds. The maximum atomic E-state index is 12.6. The normalized spacial score (nSPS) is 11.5. The molecule has 3 aromatic rings. The summed E-state index contributed by atoms with van der Waals surface area (Å²) < 4.78 is 40.3. The highest BCUT2D eigenvalue weighted by molar-refractivity contribution is 5.79. The number of aryl methyl sites for hydroxylation is 1. The predicted octanol–water partition coefficient (Wildman–Crippen LogP) is 4.17. The van der Waals surface area contributed by atoms with Gasteiger partial charge < -0.3 is 24.5 Å². The molecule has 32 heavy (non-hydrogen) atoms. The van der Waals surface area contributed by atoms with Crippen molar-refractivity contribution in [3.8, 4) is 23.0 Å². The van der Waals surface area contributed by atoms with Crippen molar-refractivity contribution in [1.82, 2.24) is 15.6 Å². The highest BCUT2D eigenvalue weighted by Crippen LogP contribution is 2.29. The SMILES string of the molecule is CN=C(NCCc1ccc(OC)c(OC(F)F)c1)NCc1coc(-c2ccc(C)cc2)n1. The fourth-order valence-corrected chi connectivity index (χ4v) is 3.00. The zero-order chi connectivity index (χ0) is 22.9. The molecule has 1 heterocycles. The molecule has 3 rings (SSSR count). The summed E-state index contributed by atoms with van der Waals surface area (Å²) in [5, 5.41) is 6.36. The van der Waals surface area contributed by atoms with Crippen molar-refractivity contribution in [2.24, 2.45) is 4.99 Å². The van der Waals surface area contributed by atoms with Gasteiger partial charge in [0.25, 0.3) is 0 Å². The van der Waals surface area contributed by atoms with Crippen molar-refractivity contribution in [2.75, 3.05) is 20.7 Å². The third-order valence-electron chi connectivity index (χ3n) is 4.66.